The summed E-state index contributed by atoms with van der Waals surface area (Å²) < 4.78 is 25.6. The molecule has 0 amide bonds. The highest BCUT2D eigenvalue weighted by Gasteiger charge is 2.17. The molecule has 132 valence electrons. The largest absolute Gasteiger partial charge is 0.262 e. The van der Waals surface area contributed by atoms with E-state index in [0.717, 1.165) is 17.8 Å². The van der Waals surface area contributed by atoms with E-state index in [1.165, 1.54) is 35.0 Å². The van der Waals surface area contributed by atoms with E-state index in [0.29, 0.717) is 15.8 Å². The Balaban J connectivity index is 1.65. The fraction of sp³-hybridized carbons (Fsp3) is 0.250. The van der Waals surface area contributed by atoms with E-state index in [-0.39, 0.29) is 0 Å². The summed E-state index contributed by atoms with van der Waals surface area (Å²) in [4.78, 5) is 6.00. The number of rotatable bonds is 7. The Hall–Kier alpha value is -1.68. The van der Waals surface area contributed by atoms with Gasteiger partial charge in [0.1, 0.15) is 5.82 Å². The van der Waals surface area contributed by atoms with Crippen LogP contribution in [0.3, 0.4) is 0 Å². The van der Waals surface area contributed by atoms with Crippen molar-refractivity contribution in [2.24, 2.45) is 0 Å². The van der Waals surface area contributed by atoms with E-state index >= 15 is 0 Å². The number of hydrogen-bond acceptors (Lipinski definition) is 6. The Morgan fingerprint density at radius 2 is 2.08 bits per heavy atom. The summed E-state index contributed by atoms with van der Waals surface area (Å²) in [6, 6.07) is 11.0. The van der Waals surface area contributed by atoms with E-state index in [9.17, 15) is 8.42 Å². The van der Waals surface area contributed by atoms with Gasteiger partial charge in [0.25, 0.3) is 0 Å². The van der Waals surface area contributed by atoms with E-state index < -0.39 is 10.0 Å². The van der Waals surface area contributed by atoms with Crippen LogP contribution in [-0.2, 0) is 22.2 Å². The molecule has 0 aliphatic heterocycles. The van der Waals surface area contributed by atoms with Crippen molar-refractivity contribution in [1.82, 2.24) is 19.5 Å². The van der Waals surface area contributed by atoms with Crippen LogP contribution in [0.1, 0.15) is 16.3 Å². The lowest BCUT2D eigenvalue weighted by molar-refractivity contribution is 0.520. The first kappa shape index (κ1) is 18.1. The molecule has 2 aromatic heterocycles. The van der Waals surface area contributed by atoms with Crippen molar-refractivity contribution in [3.63, 3.8) is 0 Å². The van der Waals surface area contributed by atoms with Crippen molar-refractivity contribution in [2.45, 2.75) is 22.2 Å². The molecule has 0 spiro atoms. The molecule has 6 nitrogen and oxygen atoms in total. The van der Waals surface area contributed by atoms with Crippen LogP contribution in [0.25, 0.3) is 0 Å². The van der Waals surface area contributed by atoms with Gasteiger partial charge >= 0.3 is 0 Å². The molecule has 3 rings (SSSR count). The highest BCUT2D eigenvalue weighted by Crippen LogP contribution is 2.22. The molecule has 3 aromatic rings. The highest BCUT2D eigenvalue weighted by molar-refractivity contribution is 7.98. The average molecular weight is 395 g/mol. The first-order valence-corrected chi connectivity index (χ1v) is 10.8. The second kappa shape index (κ2) is 7.69. The van der Waals surface area contributed by atoms with Crippen molar-refractivity contribution < 1.29 is 8.42 Å². The van der Waals surface area contributed by atoms with Gasteiger partial charge in [-0.2, -0.15) is 0 Å². The molecule has 0 saturated heterocycles. The molecule has 2 heterocycles. The van der Waals surface area contributed by atoms with Crippen LogP contribution in [-0.4, -0.2) is 42.0 Å². The van der Waals surface area contributed by atoms with Gasteiger partial charge in [-0.25, -0.2) is 17.7 Å². The van der Waals surface area contributed by atoms with Crippen LogP contribution in [0.2, 0.25) is 0 Å². The predicted octanol–water partition coefficient (Wildman–Crippen LogP) is 3.00. The van der Waals surface area contributed by atoms with Crippen molar-refractivity contribution in [3.05, 3.63) is 58.0 Å². The number of thiophene rings is 1. The van der Waals surface area contributed by atoms with Gasteiger partial charge in [0.15, 0.2) is 0 Å². The minimum atomic E-state index is -3.42. The number of nitrogens with zero attached hydrogens (tertiary/aromatic N) is 3. The van der Waals surface area contributed by atoms with Gasteiger partial charge in [0.05, 0.1) is 4.90 Å². The Bertz CT molecular complexity index is 934. The summed E-state index contributed by atoms with van der Waals surface area (Å²) in [5, 5.41) is 9.87. The standard InChI is InChI=1S/C16H18N4O2S3/c1-20(2)25(21,22)14-7-3-5-12(9-14)11-24-16-17-15(18-19-16)10-13-6-4-8-23-13/h3-9H,10-11H2,1-2H3,(H,17,18,19). The number of aromatic nitrogens is 3. The fourth-order valence-electron chi connectivity index (χ4n) is 2.15. The van der Waals surface area contributed by atoms with Crippen molar-refractivity contribution >= 4 is 33.1 Å². The fourth-order valence-corrected chi connectivity index (χ4v) is 4.60. The van der Waals surface area contributed by atoms with E-state index in [1.54, 1.807) is 29.5 Å². The van der Waals surface area contributed by atoms with Crippen molar-refractivity contribution in [1.29, 1.82) is 0 Å². The molecule has 0 unspecified atom stereocenters. The number of H-pyrrole nitrogens is 1. The van der Waals surface area contributed by atoms with Crippen molar-refractivity contribution in [3.8, 4) is 0 Å². The molecule has 9 heteroatoms. The monoisotopic (exact) mass is 394 g/mol. The van der Waals surface area contributed by atoms with Gasteiger partial charge in [-0.1, -0.05) is 30.0 Å². The maximum atomic E-state index is 12.2. The SMILES string of the molecule is CN(C)S(=O)(=O)c1cccc(CSc2n[nH]c(Cc3cccs3)n2)c1. The predicted molar refractivity (Wildman–Crippen MR) is 100 cm³/mol. The maximum absolute atomic E-state index is 12.2. The van der Waals surface area contributed by atoms with Gasteiger partial charge < -0.3 is 0 Å². The summed E-state index contributed by atoms with van der Waals surface area (Å²) in [6.07, 6.45) is 0.738. The molecular formula is C16H18N4O2S3. The number of nitrogens with one attached hydrogen (secondary N) is 1. The van der Waals surface area contributed by atoms with E-state index in [4.69, 9.17) is 0 Å². The zero-order valence-corrected chi connectivity index (χ0v) is 16.3. The van der Waals surface area contributed by atoms with Crippen LogP contribution in [0.5, 0.6) is 0 Å². The normalized spacial score (nSPS) is 12.0. The first-order chi connectivity index (χ1) is 11.9. The minimum Gasteiger partial charge on any atom is -0.262 e. The van der Waals surface area contributed by atoms with Crippen LogP contribution in [0, 0.1) is 0 Å². The average Bonchev–Trinajstić information content (AvgIpc) is 3.25. The lowest BCUT2D eigenvalue weighted by atomic mass is 10.2. The Morgan fingerprint density at radius 3 is 2.80 bits per heavy atom. The smallest absolute Gasteiger partial charge is 0.242 e. The van der Waals surface area contributed by atoms with Gasteiger partial charge in [-0.05, 0) is 29.1 Å². The third kappa shape index (κ3) is 4.49. The molecule has 25 heavy (non-hydrogen) atoms. The molecule has 0 atom stereocenters. The molecule has 1 aromatic carbocycles. The number of benzene rings is 1. The molecule has 0 saturated carbocycles. The van der Waals surface area contributed by atoms with Crippen LogP contribution in [0.4, 0.5) is 0 Å². The summed E-state index contributed by atoms with van der Waals surface area (Å²) in [6.45, 7) is 0. The molecule has 0 aliphatic carbocycles. The summed E-state index contributed by atoms with van der Waals surface area (Å²) in [7, 11) is -0.365. The molecular weight excluding hydrogens is 376 g/mol. The third-order valence-corrected chi connectivity index (χ3v) is 7.08. The molecule has 0 bridgehead atoms. The van der Waals surface area contributed by atoms with Crippen molar-refractivity contribution in [2.75, 3.05) is 14.1 Å². The second-order valence-corrected chi connectivity index (χ2v) is 9.67. The van der Waals surface area contributed by atoms with Gasteiger partial charge in [0.2, 0.25) is 15.2 Å². The molecule has 0 fully saturated rings. The minimum absolute atomic E-state index is 0.295. The Labute approximate surface area is 155 Å². The Kier molecular flexibility index (Phi) is 5.57. The zero-order chi connectivity index (χ0) is 17.9. The van der Waals surface area contributed by atoms with Crippen LogP contribution >= 0.6 is 23.1 Å². The maximum Gasteiger partial charge on any atom is 0.242 e. The molecule has 0 radical (unpaired) electrons. The summed E-state index contributed by atoms with van der Waals surface area (Å²) >= 11 is 3.16. The van der Waals surface area contributed by atoms with Gasteiger partial charge in [-0.15, -0.1) is 16.4 Å². The first-order valence-electron chi connectivity index (χ1n) is 7.53. The quantitative estimate of drug-likeness (QED) is 0.623. The molecule has 1 N–H and O–H groups in total. The third-order valence-electron chi connectivity index (χ3n) is 3.48. The molecule has 0 aliphatic rings. The van der Waals surface area contributed by atoms with Crippen LogP contribution in [0.15, 0.2) is 51.8 Å². The topological polar surface area (TPSA) is 79.0 Å². The number of thioether (sulfide) groups is 1. The van der Waals surface area contributed by atoms with Gasteiger partial charge in [0, 0.05) is 31.1 Å². The zero-order valence-electron chi connectivity index (χ0n) is 13.8. The number of aromatic amines is 1. The van der Waals surface area contributed by atoms with E-state index in [1.807, 2.05) is 17.5 Å². The number of sulfonamides is 1. The summed E-state index contributed by atoms with van der Waals surface area (Å²) in [5.41, 5.74) is 0.914. The van der Waals surface area contributed by atoms with E-state index in [2.05, 4.69) is 21.2 Å². The lowest BCUT2D eigenvalue weighted by Gasteiger charge is -2.12. The van der Waals surface area contributed by atoms with Crippen LogP contribution < -0.4 is 0 Å². The number of hydrogen-bond donors (Lipinski definition) is 1. The van der Waals surface area contributed by atoms with Gasteiger partial charge in [-0.3, -0.25) is 5.10 Å². The second-order valence-electron chi connectivity index (χ2n) is 5.54. The summed E-state index contributed by atoms with van der Waals surface area (Å²) in [5.74, 6) is 1.43. The Morgan fingerprint density at radius 1 is 1.24 bits per heavy atom. The lowest BCUT2D eigenvalue weighted by Crippen LogP contribution is -2.22. The highest BCUT2D eigenvalue weighted by atomic mass is 32.2.